The van der Waals surface area contributed by atoms with Crippen molar-refractivity contribution in [1.29, 1.82) is 0 Å². The lowest BCUT2D eigenvalue weighted by Gasteiger charge is -2.04. The molecule has 5 nitrogen and oxygen atoms in total. The number of hydrogen-bond donors (Lipinski definition) is 2. The molecule has 0 aliphatic rings. The number of hydrogen-bond acceptors (Lipinski definition) is 4. The number of carbonyl (C=O) groups excluding carboxylic acids is 1. The summed E-state index contributed by atoms with van der Waals surface area (Å²) < 4.78 is 5.11. The molecule has 1 aromatic heterocycles. The van der Waals surface area contributed by atoms with E-state index >= 15 is 0 Å². The summed E-state index contributed by atoms with van der Waals surface area (Å²) >= 11 is 0. The molecule has 0 fully saturated rings. The van der Waals surface area contributed by atoms with Crippen LogP contribution in [0.4, 0.5) is 5.69 Å². The van der Waals surface area contributed by atoms with Crippen LogP contribution >= 0.6 is 0 Å². The Morgan fingerprint density at radius 3 is 2.48 bits per heavy atom. The minimum Gasteiger partial charge on any atom is -0.462 e. The minimum absolute atomic E-state index is 0.302. The summed E-state index contributed by atoms with van der Waals surface area (Å²) in [6, 6.07) is 8.00. The van der Waals surface area contributed by atoms with E-state index in [1.54, 1.807) is 6.92 Å². The van der Waals surface area contributed by atoms with Gasteiger partial charge in [-0.2, -0.15) is 5.10 Å². The van der Waals surface area contributed by atoms with E-state index in [1.807, 2.05) is 52.0 Å². The molecule has 0 saturated carbocycles. The number of aromatic nitrogens is 1. The summed E-state index contributed by atoms with van der Waals surface area (Å²) in [5.41, 5.74) is 9.00. The Morgan fingerprint density at radius 1 is 1.22 bits per heavy atom. The highest BCUT2D eigenvalue weighted by Gasteiger charge is 2.20. The Bertz CT molecular complexity index is 727. The van der Waals surface area contributed by atoms with Gasteiger partial charge in [0.25, 0.3) is 0 Å². The summed E-state index contributed by atoms with van der Waals surface area (Å²) in [5, 5.41) is 4.40. The summed E-state index contributed by atoms with van der Waals surface area (Å²) in [5.74, 6) is -0.302. The summed E-state index contributed by atoms with van der Waals surface area (Å²) in [6.45, 7) is 9.86. The largest absolute Gasteiger partial charge is 0.462 e. The molecule has 0 aliphatic carbocycles. The average molecular weight is 313 g/mol. The van der Waals surface area contributed by atoms with Crippen molar-refractivity contribution < 1.29 is 9.53 Å². The lowest BCUT2D eigenvalue weighted by atomic mass is 10.1. The minimum atomic E-state index is -0.302. The first-order valence-corrected chi connectivity index (χ1v) is 7.67. The van der Waals surface area contributed by atoms with Gasteiger partial charge in [-0.05, 0) is 52.3 Å². The number of aryl methyl sites for hydroxylation is 2. The molecule has 23 heavy (non-hydrogen) atoms. The molecule has 0 spiro atoms. The van der Waals surface area contributed by atoms with Gasteiger partial charge in [0, 0.05) is 5.69 Å². The average Bonchev–Trinajstić information content (AvgIpc) is 2.81. The smallest absolute Gasteiger partial charge is 0.340 e. The van der Waals surface area contributed by atoms with Crippen LogP contribution in [0.3, 0.4) is 0 Å². The van der Waals surface area contributed by atoms with Gasteiger partial charge in [-0.3, -0.25) is 5.43 Å². The predicted octanol–water partition coefficient (Wildman–Crippen LogP) is 3.95. The number of nitrogens with one attached hydrogen (secondary N) is 2. The van der Waals surface area contributed by atoms with E-state index < -0.39 is 0 Å². The van der Waals surface area contributed by atoms with Crippen LogP contribution in [0, 0.1) is 20.8 Å². The lowest BCUT2D eigenvalue weighted by molar-refractivity contribution is 0.0525. The standard InChI is InChI=1S/C18H23N3O2/c1-6-23-18(22)16-12(3)17(19-13(16)4)14(5)20-21-15-9-7-11(2)8-10-15/h7-10,19,21H,6H2,1-5H3/b20-14+. The fourth-order valence-electron chi connectivity index (χ4n) is 2.45. The van der Waals surface area contributed by atoms with Gasteiger partial charge in [0.2, 0.25) is 0 Å². The van der Waals surface area contributed by atoms with Crippen LogP contribution in [0.5, 0.6) is 0 Å². The maximum Gasteiger partial charge on any atom is 0.340 e. The second kappa shape index (κ2) is 7.13. The summed E-state index contributed by atoms with van der Waals surface area (Å²) in [6.07, 6.45) is 0. The second-order valence-electron chi connectivity index (χ2n) is 5.52. The Labute approximate surface area is 136 Å². The topological polar surface area (TPSA) is 66.5 Å². The molecule has 2 aromatic rings. The molecule has 0 radical (unpaired) electrons. The predicted molar refractivity (Wildman–Crippen MR) is 93.2 cm³/mol. The lowest BCUT2D eigenvalue weighted by Crippen LogP contribution is -2.07. The zero-order valence-electron chi connectivity index (χ0n) is 14.3. The van der Waals surface area contributed by atoms with Crippen LogP contribution in [-0.4, -0.2) is 23.3 Å². The molecule has 5 heteroatoms. The van der Waals surface area contributed by atoms with Crippen LogP contribution in [0.1, 0.15) is 46.7 Å². The monoisotopic (exact) mass is 313 g/mol. The first-order chi connectivity index (χ1) is 10.9. The normalized spacial score (nSPS) is 11.4. The van der Waals surface area contributed by atoms with Crippen LogP contribution < -0.4 is 5.43 Å². The Balaban J connectivity index is 2.23. The Kier molecular flexibility index (Phi) is 5.21. The number of benzene rings is 1. The fourth-order valence-corrected chi connectivity index (χ4v) is 2.45. The van der Waals surface area contributed by atoms with Crippen LogP contribution in [0.15, 0.2) is 29.4 Å². The summed E-state index contributed by atoms with van der Waals surface area (Å²) in [4.78, 5) is 15.3. The van der Waals surface area contributed by atoms with E-state index in [2.05, 4.69) is 15.5 Å². The van der Waals surface area contributed by atoms with Crippen molar-refractivity contribution >= 4 is 17.4 Å². The van der Waals surface area contributed by atoms with E-state index in [0.717, 1.165) is 28.4 Å². The van der Waals surface area contributed by atoms with Gasteiger partial charge in [-0.15, -0.1) is 0 Å². The van der Waals surface area contributed by atoms with Crippen molar-refractivity contribution in [2.24, 2.45) is 5.10 Å². The number of aromatic amines is 1. The molecule has 0 saturated heterocycles. The van der Waals surface area contributed by atoms with Crippen molar-refractivity contribution in [3.63, 3.8) is 0 Å². The number of carbonyl (C=O) groups is 1. The van der Waals surface area contributed by atoms with Gasteiger partial charge in [0.15, 0.2) is 0 Å². The fraction of sp³-hybridized carbons (Fsp3) is 0.333. The summed E-state index contributed by atoms with van der Waals surface area (Å²) in [7, 11) is 0. The van der Waals surface area contributed by atoms with Gasteiger partial charge < -0.3 is 9.72 Å². The zero-order chi connectivity index (χ0) is 17.0. The third kappa shape index (κ3) is 3.80. The van der Waals surface area contributed by atoms with Crippen molar-refractivity contribution in [3.05, 3.63) is 52.3 Å². The first-order valence-electron chi connectivity index (χ1n) is 7.67. The van der Waals surface area contributed by atoms with Crippen molar-refractivity contribution in [2.45, 2.75) is 34.6 Å². The number of anilines is 1. The molecule has 0 bridgehead atoms. The maximum atomic E-state index is 12.0. The number of rotatable bonds is 5. The van der Waals surface area contributed by atoms with E-state index in [0.29, 0.717) is 12.2 Å². The number of nitrogens with zero attached hydrogens (tertiary/aromatic N) is 1. The highest BCUT2D eigenvalue weighted by Crippen LogP contribution is 2.20. The quantitative estimate of drug-likeness (QED) is 0.499. The molecule has 0 amide bonds. The number of H-pyrrole nitrogens is 1. The molecule has 2 N–H and O–H groups in total. The van der Waals surface area contributed by atoms with E-state index in [4.69, 9.17) is 4.74 Å². The van der Waals surface area contributed by atoms with Crippen molar-refractivity contribution in [3.8, 4) is 0 Å². The second-order valence-corrected chi connectivity index (χ2v) is 5.52. The Hall–Kier alpha value is -2.56. The van der Waals surface area contributed by atoms with Gasteiger partial charge >= 0.3 is 5.97 Å². The third-order valence-corrected chi connectivity index (χ3v) is 3.68. The molecule has 0 atom stereocenters. The SMILES string of the molecule is CCOC(=O)c1c(C)[nH]c(/C(C)=N/Nc2ccc(C)cc2)c1C. The number of hydrazone groups is 1. The van der Waals surface area contributed by atoms with E-state index in [-0.39, 0.29) is 5.97 Å². The molecule has 0 unspecified atom stereocenters. The highest BCUT2D eigenvalue weighted by molar-refractivity contribution is 6.03. The van der Waals surface area contributed by atoms with Crippen molar-refractivity contribution in [1.82, 2.24) is 4.98 Å². The molecule has 1 aromatic carbocycles. The van der Waals surface area contributed by atoms with E-state index in [9.17, 15) is 4.79 Å². The van der Waals surface area contributed by atoms with Gasteiger partial charge in [0.1, 0.15) is 0 Å². The van der Waals surface area contributed by atoms with Crippen LogP contribution in [0.25, 0.3) is 0 Å². The zero-order valence-corrected chi connectivity index (χ0v) is 14.3. The highest BCUT2D eigenvalue weighted by atomic mass is 16.5. The van der Waals surface area contributed by atoms with Gasteiger partial charge in [0.05, 0.1) is 29.3 Å². The maximum absolute atomic E-state index is 12.0. The number of esters is 1. The van der Waals surface area contributed by atoms with Crippen molar-refractivity contribution in [2.75, 3.05) is 12.0 Å². The molecule has 122 valence electrons. The third-order valence-electron chi connectivity index (χ3n) is 3.68. The molecule has 2 rings (SSSR count). The first kappa shape index (κ1) is 16.8. The van der Waals surface area contributed by atoms with Crippen LogP contribution in [0.2, 0.25) is 0 Å². The Morgan fingerprint density at radius 2 is 1.87 bits per heavy atom. The molecular weight excluding hydrogens is 290 g/mol. The number of ether oxygens (including phenoxy) is 1. The van der Waals surface area contributed by atoms with Gasteiger partial charge in [-0.1, -0.05) is 17.7 Å². The van der Waals surface area contributed by atoms with Crippen LogP contribution in [-0.2, 0) is 4.74 Å². The molecule has 0 aliphatic heterocycles. The molecule has 1 heterocycles. The van der Waals surface area contributed by atoms with E-state index in [1.165, 1.54) is 5.56 Å². The molecular formula is C18H23N3O2. The van der Waals surface area contributed by atoms with Gasteiger partial charge in [-0.25, -0.2) is 4.79 Å².